The smallest absolute Gasteiger partial charge is 0.317 e. The largest absolute Gasteiger partial charge is 0.486 e. The lowest BCUT2D eigenvalue weighted by Gasteiger charge is -2.37. The Balaban J connectivity index is 1.19. The summed E-state index contributed by atoms with van der Waals surface area (Å²) in [5.74, 6) is 1.64. The second-order valence-corrected chi connectivity index (χ2v) is 8.45. The molecule has 2 fully saturated rings. The first-order chi connectivity index (χ1) is 13.7. The highest BCUT2D eigenvalue weighted by molar-refractivity contribution is 5.77. The van der Waals surface area contributed by atoms with Crippen molar-refractivity contribution in [3.05, 3.63) is 29.8 Å². The molecule has 2 atom stereocenters. The van der Waals surface area contributed by atoms with Gasteiger partial charge in [-0.2, -0.15) is 0 Å². The van der Waals surface area contributed by atoms with Crippen LogP contribution in [0.15, 0.2) is 24.3 Å². The Morgan fingerprint density at radius 3 is 2.57 bits per heavy atom. The number of benzene rings is 1. The van der Waals surface area contributed by atoms with E-state index in [1.165, 1.54) is 18.4 Å². The van der Waals surface area contributed by atoms with Crippen molar-refractivity contribution in [2.24, 2.45) is 0 Å². The molecular formula is C22H29N3O3. The molecule has 0 saturated carbocycles. The Hall–Kier alpha value is -2.21. The van der Waals surface area contributed by atoms with Gasteiger partial charge in [0, 0.05) is 31.2 Å². The quantitative estimate of drug-likeness (QED) is 0.853. The van der Waals surface area contributed by atoms with E-state index in [0.29, 0.717) is 37.9 Å². The predicted octanol–water partition coefficient (Wildman–Crippen LogP) is 2.88. The molecule has 0 radical (unpaired) electrons. The van der Waals surface area contributed by atoms with E-state index in [9.17, 15) is 4.79 Å². The predicted molar refractivity (Wildman–Crippen MR) is 108 cm³/mol. The molecule has 4 aliphatic rings. The van der Waals surface area contributed by atoms with Gasteiger partial charge < -0.3 is 24.6 Å². The van der Waals surface area contributed by atoms with Crippen LogP contribution in [0.5, 0.6) is 11.5 Å². The van der Waals surface area contributed by atoms with E-state index in [-0.39, 0.29) is 6.03 Å². The van der Waals surface area contributed by atoms with Crippen LogP contribution < -0.4 is 14.8 Å². The minimum Gasteiger partial charge on any atom is -0.486 e. The average Bonchev–Trinajstić information content (AvgIpc) is 2.94. The Kier molecular flexibility index (Phi) is 4.67. The first kappa shape index (κ1) is 17.9. The first-order valence-corrected chi connectivity index (χ1v) is 10.5. The lowest BCUT2D eigenvalue weighted by molar-refractivity contribution is 0.142. The molecule has 4 aliphatic heterocycles. The van der Waals surface area contributed by atoms with Gasteiger partial charge in [0.25, 0.3) is 0 Å². The number of carbonyl (C=O) groups excluding carboxylic acids is 1. The number of urea groups is 1. The van der Waals surface area contributed by atoms with Gasteiger partial charge in [-0.15, -0.1) is 0 Å². The second kappa shape index (κ2) is 7.32. The van der Waals surface area contributed by atoms with Crippen molar-refractivity contribution < 1.29 is 14.3 Å². The second-order valence-electron chi connectivity index (χ2n) is 8.45. The van der Waals surface area contributed by atoms with Gasteiger partial charge in [0.15, 0.2) is 11.5 Å². The van der Waals surface area contributed by atoms with Crippen LogP contribution in [0.4, 0.5) is 4.79 Å². The van der Waals surface area contributed by atoms with E-state index in [1.807, 2.05) is 11.0 Å². The summed E-state index contributed by atoms with van der Waals surface area (Å²) in [6, 6.07) is 7.83. The molecule has 0 aliphatic carbocycles. The summed E-state index contributed by atoms with van der Waals surface area (Å²) in [5.41, 5.74) is 2.44. The summed E-state index contributed by atoms with van der Waals surface area (Å²) >= 11 is 0. The van der Waals surface area contributed by atoms with Gasteiger partial charge in [-0.1, -0.05) is 12.1 Å². The van der Waals surface area contributed by atoms with Crippen LogP contribution in [0.25, 0.3) is 5.57 Å². The number of piperidine rings is 1. The third-order valence-electron chi connectivity index (χ3n) is 6.84. The molecule has 1 N–H and O–H groups in total. The van der Waals surface area contributed by atoms with Crippen LogP contribution in [-0.2, 0) is 0 Å². The van der Waals surface area contributed by atoms with Gasteiger partial charge in [0.2, 0.25) is 0 Å². The Labute approximate surface area is 166 Å². The van der Waals surface area contributed by atoms with Crippen molar-refractivity contribution in [2.45, 2.75) is 50.2 Å². The Bertz CT molecular complexity index is 779. The molecule has 1 aromatic carbocycles. The number of nitrogens with zero attached hydrogens (tertiary/aromatic N) is 2. The Morgan fingerprint density at radius 1 is 1.11 bits per heavy atom. The number of carbonyl (C=O) groups is 1. The lowest BCUT2D eigenvalue weighted by atomic mass is 9.97. The van der Waals surface area contributed by atoms with Crippen molar-refractivity contribution in [1.29, 1.82) is 0 Å². The number of hydrogen-bond acceptors (Lipinski definition) is 4. The normalized spacial score (nSPS) is 29.4. The molecule has 5 rings (SSSR count). The molecule has 6 heteroatoms. The molecule has 0 spiro atoms. The van der Waals surface area contributed by atoms with Crippen LogP contribution in [-0.4, -0.2) is 67.3 Å². The number of amides is 2. The number of ether oxygens (including phenoxy) is 2. The fraction of sp³-hybridized carbons (Fsp3) is 0.591. The van der Waals surface area contributed by atoms with Crippen LogP contribution in [0.2, 0.25) is 0 Å². The van der Waals surface area contributed by atoms with E-state index >= 15 is 0 Å². The highest BCUT2D eigenvalue weighted by Gasteiger charge is 2.39. The number of hydrogen-bond donors (Lipinski definition) is 1. The highest BCUT2D eigenvalue weighted by atomic mass is 16.6. The van der Waals surface area contributed by atoms with Crippen molar-refractivity contribution >= 4 is 11.6 Å². The fourth-order valence-corrected chi connectivity index (χ4v) is 5.15. The zero-order valence-electron chi connectivity index (χ0n) is 16.5. The summed E-state index contributed by atoms with van der Waals surface area (Å²) in [6.45, 7) is 2.63. The summed E-state index contributed by atoms with van der Waals surface area (Å²) < 4.78 is 11.3. The van der Waals surface area contributed by atoms with Crippen molar-refractivity contribution in [3.63, 3.8) is 0 Å². The molecule has 6 nitrogen and oxygen atoms in total. The van der Waals surface area contributed by atoms with Crippen molar-refractivity contribution in [3.8, 4) is 11.5 Å². The third-order valence-corrected chi connectivity index (χ3v) is 6.84. The minimum atomic E-state index is 0.0893. The van der Waals surface area contributed by atoms with Crippen molar-refractivity contribution in [2.75, 3.05) is 33.4 Å². The van der Waals surface area contributed by atoms with Gasteiger partial charge in [-0.3, -0.25) is 0 Å². The van der Waals surface area contributed by atoms with Crippen molar-refractivity contribution in [1.82, 2.24) is 15.1 Å². The van der Waals surface area contributed by atoms with E-state index < -0.39 is 0 Å². The average molecular weight is 383 g/mol. The molecule has 2 bridgehead atoms. The number of nitrogens with one attached hydrogen (secondary N) is 1. The van der Waals surface area contributed by atoms with Gasteiger partial charge in [-0.05, 0) is 62.4 Å². The maximum absolute atomic E-state index is 12.8. The summed E-state index contributed by atoms with van der Waals surface area (Å²) in [4.78, 5) is 17.2. The SMILES string of the molecule is CN1C2CCC1CC(NC(=O)N1CC=C(c3ccc4c(c3)OCCO4)CC1)C2. The molecule has 150 valence electrons. The standard InChI is InChI=1S/C22H29N3O3/c1-24-18-3-4-19(24)14-17(13-18)23-22(26)25-8-6-15(7-9-25)16-2-5-20-21(12-16)28-11-10-27-20/h2,5-6,12,17-19H,3-4,7-11,13-14H2,1H3,(H,23,26). The summed E-state index contributed by atoms with van der Waals surface area (Å²) in [5, 5.41) is 3.30. The molecule has 0 aromatic heterocycles. The van der Waals surface area contributed by atoms with Crippen LogP contribution >= 0.6 is 0 Å². The van der Waals surface area contributed by atoms with Crippen LogP contribution in [0.3, 0.4) is 0 Å². The van der Waals surface area contributed by atoms with Gasteiger partial charge in [0.1, 0.15) is 13.2 Å². The van der Waals surface area contributed by atoms with Gasteiger partial charge in [0.05, 0.1) is 0 Å². The monoisotopic (exact) mass is 383 g/mol. The summed E-state index contributed by atoms with van der Waals surface area (Å²) in [6.07, 6.45) is 7.77. The number of fused-ring (bicyclic) bond motifs is 3. The zero-order chi connectivity index (χ0) is 19.1. The highest BCUT2D eigenvalue weighted by Crippen LogP contribution is 2.35. The van der Waals surface area contributed by atoms with Gasteiger partial charge >= 0.3 is 6.03 Å². The molecular weight excluding hydrogens is 354 g/mol. The fourth-order valence-electron chi connectivity index (χ4n) is 5.15. The minimum absolute atomic E-state index is 0.0893. The van der Waals surface area contributed by atoms with E-state index in [4.69, 9.17) is 9.47 Å². The molecule has 1 aromatic rings. The molecule has 4 heterocycles. The lowest BCUT2D eigenvalue weighted by Crippen LogP contribution is -2.52. The molecule has 2 amide bonds. The molecule has 2 unspecified atom stereocenters. The van der Waals surface area contributed by atoms with Crippen LogP contribution in [0, 0.1) is 0 Å². The third kappa shape index (κ3) is 3.34. The molecule has 2 saturated heterocycles. The van der Waals surface area contributed by atoms with E-state index in [0.717, 1.165) is 42.9 Å². The molecule has 28 heavy (non-hydrogen) atoms. The van der Waals surface area contributed by atoms with Crippen LogP contribution in [0.1, 0.15) is 37.7 Å². The summed E-state index contributed by atoms with van der Waals surface area (Å²) in [7, 11) is 2.23. The topological polar surface area (TPSA) is 54.0 Å². The maximum atomic E-state index is 12.8. The maximum Gasteiger partial charge on any atom is 0.317 e. The number of rotatable bonds is 2. The Morgan fingerprint density at radius 2 is 1.86 bits per heavy atom. The first-order valence-electron chi connectivity index (χ1n) is 10.5. The van der Waals surface area contributed by atoms with E-state index in [1.54, 1.807) is 0 Å². The van der Waals surface area contributed by atoms with E-state index in [2.05, 4.69) is 35.5 Å². The van der Waals surface area contributed by atoms with Gasteiger partial charge in [-0.25, -0.2) is 4.79 Å². The zero-order valence-corrected chi connectivity index (χ0v) is 16.5.